The third kappa shape index (κ3) is 4.30. The predicted molar refractivity (Wildman–Crippen MR) is 59.5 cm³/mol. The highest BCUT2D eigenvalue weighted by Crippen LogP contribution is 2.01. The Balaban J connectivity index is 2.22. The van der Waals surface area contributed by atoms with Crippen LogP contribution >= 0.6 is 0 Å². The molecule has 16 heavy (non-hydrogen) atoms. The van der Waals surface area contributed by atoms with Crippen molar-refractivity contribution in [3.8, 4) is 0 Å². The number of aromatic amines is 1. The first-order valence-electron chi connectivity index (χ1n) is 5.23. The molecule has 0 fully saturated rings. The van der Waals surface area contributed by atoms with Gasteiger partial charge in [-0.1, -0.05) is 6.92 Å². The van der Waals surface area contributed by atoms with E-state index >= 15 is 0 Å². The van der Waals surface area contributed by atoms with Crippen molar-refractivity contribution in [1.82, 2.24) is 14.9 Å². The molecule has 0 unspecified atom stereocenters. The second-order valence-corrected chi connectivity index (χ2v) is 5.02. The van der Waals surface area contributed by atoms with Gasteiger partial charge < -0.3 is 4.74 Å². The Kier molecular flexibility index (Phi) is 5.44. The molecule has 7 heteroatoms. The maximum atomic E-state index is 11.6. The van der Waals surface area contributed by atoms with Crippen molar-refractivity contribution in [2.24, 2.45) is 0 Å². The quantitative estimate of drug-likeness (QED) is 0.655. The van der Waals surface area contributed by atoms with Gasteiger partial charge in [0.25, 0.3) is 10.0 Å². The van der Waals surface area contributed by atoms with Gasteiger partial charge in [0, 0.05) is 19.8 Å². The van der Waals surface area contributed by atoms with Gasteiger partial charge in [-0.25, -0.2) is 13.1 Å². The third-order valence-corrected chi connectivity index (χ3v) is 3.26. The molecule has 1 aromatic rings. The van der Waals surface area contributed by atoms with Crippen LogP contribution < -0.4 is 4.72 Å². The molecule has 0 aliphatic rings. The molecular weight excluding hydrogens is 230 g/mol. The van der Waals surface area contributed by atoms with E-state index in [-0.39, 0.29) is 5.03 Å². The molecule has 0 aliphatic carbocycles. The number of hydrogen-bond acceptors (Lipinski definition) is 4. The summed E-state index contributed by atoms with van der Waals surface area (Å²) in [5.41, 5.74) is 0. The summed E-state index contributed by atoms with van der Waals surface area (Å²) in [6, 6.07) is 1.41. The maximum absolute atomic E-state index is 11.6. The molecule has 1 rings (SSSR count). The maximum Gasteiger partial charge on any atom is 0.257 e. The molecule has 0 radical (unpaired) electrons. The van der Waals surface area contributed by atoms with Gasteiger partial charge >= 0.3 is 0 Å². The fraction of sp³-hybridized carbons (Fsp3) is 0.667. The molecule has 1 heterocycles. The monoisotopic (exact) mass is 247 g/mol. The lowest BCUT2D eigenvalue weighted by Gasteiger charge is -2.04. The van der Waals surface area contributed by atoms with Crippen LogP contribution in [0.3, 0.4) is 0 Å². The van der Waals surface area contributed by atoms with E-state index in [0.29, 0.717) is 26.2 Å². The van der Waals surface area contributed by atoms with E-state index in [9.17, 15) is 8.42 Å². The summed E-state index contributed by atoms with van der Waals surface area (Å²) < 4.78 is 30.8. The van der Waals surface area contributed by atoms with Crippen LogP contribution in [0.25, 0.3) is 0 Å². The number of aromatic nitrogens is 2. The van der Waals surface area contributed by atoms with Gasteiger partial charge in [-0.05, 0) is 18.9 Å². The number of nitrogens with zero attached hydrogens (tertiary/aromatic N) is 1. The second kappa shape index (κ2) is 6.62. The van der Waals surface area contributed by atoms with Gasteiger partial charge in [-0.3, -0.25) is 5.10 Å². The van der Waals surface area contributed by atoms with Crippen molar-refractivity contribution in [1.29, 1.82) is 0 Å². The Morgan fingerprint density at radius 1 is 1.50 bits per heavy atom. The molecule has 0 bridgehead atoms. The number of H-pyrrole nitrogens is 1. The third-order valence-electron chi connectivity index (χ3n) is 1.87. The number of nitrogens with one attached hydrogen (secondary N) is 2. The fourth-order valence-corrected chi connectivity index (χ4v) is 2.08. The zero-order chi connectivity index (χ0) is 11.9. The first kappa shape index (κ1) is 13.1. The highest BCUT2D eigenvalue weighted by atomic mass is 32.2. The van der Waals surface area contributed by atoms with Crippen molar-refractivity contribution in [3.05, 3.63) is 12.3 Å². The first-order chi connectivity index (χ1) is 7.67. The Bertz CT molecular complexity index is 375. The lowest BCUT2D eigenvalue weighted by atomic mass is 10.4. The highest BCUT2D eigenvalue weighted by molar-refractivity contribution is 7.89. The van der Waals surface area contributed by atoms with Crippen molar-refractivity contribution in [2.75, 3.05) is 19.8 Å². The smallest absolute Gasteiger partial charge is 0.257 e. The summed E-state index contributed by atoms with van der Waals surface area (Å²) in [5, 5.41) is 6.08. The Morgan fingerprint density at radius 3 is 2.94 bits per heavy atom. The van der Waals surface area contributed by atoms with Gasteiger partial charge in [-0.2, -0.15) is 5.10 Å². The molecule has 0 aliphatic heterocycles. The largest absolute Gasteiger partial charge is 0.381 e. The van der Waals surface area contributed by atoms with Crippen LogP contribution in [0.1, 0.15) is 19.8 Å². The van der Waals surface area contributed by atoms with E-state index in [4.69, 9.17) is 4.74 Å². The van der Waals surface area contributed by atoms with Crippen LogP contribution in [-0.4, -0.2) is 38.4 Å². The standard InChI is InChI=1S/C9H17N3O3S/c1-2-7-15-8-3-5-11-16(13,14)9-4-6-10-12-9/h4,6,11H,2-3,5,7-8H2,1H3,(H,10,12). The van der Waals surface area contributed by atoms with Crippen LogP contribution in [0.4, 0.5) is 0 Å². The lowest BCUT2D eigenvalue weighted by molar-refractivity contribution is 0.133. The normalized spacial score (nSPS) is 11.8. The van der Waals surface area contributed by atoms with Gasteiger partial charge in [-0.15, -0.1) is 0 Å². The summed E-state index contributed by atoms with van der Waals surface area (Å²) >= 11 is 0. The molecule has 0 atom stereocenters. The number of sulfonamides is 1. The predicted octanol–water partition coefficient (Wildman–Crippen LogP) is 0.505. The average Bonchev–Trinajstić information content (AvgIpc) is 2.77. The fourth-order valence-electron chi connectivity index (χ4n) is 1.10. The van der Waals surface area contributed by atoms with Crippen molar-refractivity contribution in [2.45, 2.75) is 24.8 Å². The summed E-state index contributed by atoms with van der Waals surface area (Å²) in [4.78, 5) is 0. The second-order valence-electron chi connectivity index (χ2n) is 3.28. The zero-order valence-corrected chi connectivity index (χ0v) is 10.1. The Morgan fingerprint density at radius 2 is 2.31 bits per heavy atom. The molecule has 0 amide bonds. The molecule has 0 saturated heterocycles. The summed E-state index contributed by atoms with van der Waals surface area (Å²) in [6.45, 7) is 3.68. The molecule has 0 aromatic carbocycles. The van der Waals surface area contributed by atoms with Crippen molar-refractivity contribution >= 4 is 10.0 Å². The zero-order valence-electron chi connectivity index (χ0n) is 9.27. The minimum Gasteiger partial charge on any atom is -0.381 e. The van der Waals surface area contributed by atoms with E-state index in [2.05, 4.69) is 14.9 Å². The van der Waals surface area contributed by atoms with Crippen LogP contribution in [0.5, 0.6) is 0 Å². The molecule has 1 aromatic heterocycles. The number of hydrogen-bond donors (Lipinski definition) is 2. The molecular formula is C9H17N3O3S. The van der Waals surface area contributed by atoms with Gasteiger partial charge in [0.05, 0.1) is 6.20 Å². The SMILES string of the molecule is CCCOCCCNS(=O)(=O)c1ccn[nH]1. The number of ether oxygens (including phenoxy) is 1. The van der Waals surface area contributed by atoms with E-state index in [1.807, 2.05) is 6.92 Å². The molecule has 6 nitrogen and oxygen atoms in total. The molecule has 92 valence electrons. The van der Waals surface area contributed by atoms with Crippen LogP contribution in [0.2, 0.25) is 0 Å². The van der Waals surface area contributed by atoms with E-state index in [0.717, 1.165) is 6.42 Å². The van der Waals surface area contributed by atoms with Gasteiger partial charge in [0.1, 0.15) is 0 Å². The average molecular weight is 247 g/mol. The lowest BCUT2D eigenvalue weighted by Crippen LogP contribution is -2.26. The minimum atomic E-state index is -3.43. The van der Waals surface area contributed by atoms with Crippen LogP contribution in [0, 0.1) is 0 Å². The van der Waals surface area contributed by atoms with Gasteiger partial charge in [0.2, 0.25) is 0 Å². The molecule has 0 saturated carbocycles. The molecule has 2 N–H and O–H groups in total. The van der Waals surface area contributed by atoms with Crippen LogP contribution in [-0.2, 0) is 14.8 Å². The van der Waals surface area contributed by atoms with E-state index in [1.165, 1.54) is 12.3 Å². The summed E-state index contributed by atoms with van der Waals surface area (Å²) in [7, 11) is -3.43. The van der Waals surface area contributed by atoms with Crippen molar-refractivity contribution < 1.29 is 13.2 Å². The van der Waals surface area contributed by atoms with Gasteiger partial charge in [0.15, 0.2) is 5.03 Å². The summed E-state index contributed by atoms with van der Waals surface area (Å²) in [6.07, 6.45) is 3.03. The topological polar surface area (TPSA) is 84.1 Å². The Hall–Kier alpha value is -0.920. The number of rotatable bonds is 8. The van der Waals surface area contributed by atoms with E-state index < -0.39 is 10.0 Å². The first-order valence-corrected chi connectivity index (χ1v) is 6.72. The van der Waals surface area contributed by atoms with Crippen LogP contribution in [0.15, 0.2) is 17.3 Å². The Labute approximate surface area is 95.4 Å². The molecule has 0 spiro atoms. The van der Waals surface area contributed by atoms with Crippen molar-refractivity contribution in [3.63, 3.8) is 0 Å². The highest BCUT2D eigenvalue weighted by Gasteiger charge is 2.13. The van der Waals surface area contributed by atoms with E-state index in [1.54, 1.807) is 0 Å². The summed E-state index contributed by atoms with van der Waals surface area (Å²) in [5.74, 6) is 0. The minimum absolute atomic E-state index is 0.0852.